The van der Waals surface area contributed by atoms with E-state index in [0.29, 0.717) is 31.8 Å². The minimum absolute atomic E-state index is 0.0242. The molecule has 0 aliphatic heterocycles. The molecule has 0 saturated heterocycles. The monoisotopic (exact) mass is 428 g/mol. The first kappa shape index (κ1) is 23.1. The van der Waals surface area contributed by atoms with E-state index in [1.165, 1.54) is 0 Å². The smallest absolute Gasteiger partial charge is 0.252 e. The second kappa shape index (κ2) is 10.6. The van der Waals surface area contributed by atoms with Gasteiger partial charge in [-0.3, -0.25) is 9.69 Å². The lowest BCUT2D eigenvalue weighted by Crippen LogP contribution is -2.35. The summed E-state index contributed by atoms with van der Waals surface area (Å²) in [5.41, 5.74) is 3.63. The average molecular weight is 429 g/mol. The van der Waals surface area contributed by atoms with Crippen molar-refractivity contribution in [2.75, 3.05) is 26.9 Å². The Labute approximate surface area is 182 Å². The van der Waals surface area contributed by atoms with Crippen molar-refractivity contribution in [3.05, 3.63) is 51.1 Å². The third kappa shape index (κ3) is 5.17. The summed E-state index contributed by atoms with van der Waals surface area (Å²) in [5.74, 6) is 0.719. The van der Waals surface area contributed by atoms with Crippen LogP contribution in [0.3, 0.4) is 0 Å². The highest BCUT2D eigenvalue weighted by Crippen LogP contribution is 2.26. The first-order chi connectivity index (χ1) is 15.0. The van der Waals surface area contributed by atoms with Crippen molar-refractivity contribution in [2.45, 2.75) is 52.7 Å². The predicted octanol–water partition coefficient (Wildman–Crippen LogP) is 2.11. The number of ether oxygens (including phenoxy) is 1. The third-order valence-electron chi connectivity index (χ3n) is 5.76. The molecule has 2 aromatic heterocycles. The number of aliphatic hydroxyl groups excluding tert-OH is 1. The Balaban J connectivity index is 1.97. The molecule has 0 aliphatic rings. The van der Waals surface area contributed by atoms with Crippen LogP contribution in [0.25, 0.3) is 10.9 Å². The van der Waals surface area contributed by atoms with Gasteiger partial charge in [0.2, 0.25) is 0 Å². The molecule has 0 fully saturated rings. The molecule has 9 nitrogen and oxygen atoms in total. The fraction of sp³-hybridized carbons (Fsp3) is 0.545. The van der Waals surface area contributed by atoms with Crippen LogP contribution in [0.4, 0.5) is 0 Å². The molecule has 0 amide bonds. The SMILES string of the molecule is CCC[C@H](c1nnnn1CCOC)N(CCO)Cc1cc2ccc(C)c(C)c2[nH]c1=O. The highest BCUT2D eigenvalue weighted by molar-refractivity contribution is 5.83. The van der Waals surface area contributed by atoms with Crippen molar-refractivity contribution in [1.82, 2.24) is 30.1 Å². The van der Waals surface area contributed by atoms with Gasteiger partial charge in [-0.05, 0) is 53.3 Å². The summed E-state index contributed by atoms with van der Waals surface area (Å²) in [7, 11) is 1.64. The van der Waals surface area contributed by atoms with Gasteiger partial charge in [0.25, 0.3) is 5.56 Å². The van der Waals surface area contributed by atoms with Crippen LogP contribution in [0.5, 0.6) is 0 Å². The molecule has 3 aromatic rings. The van der Waals surface area contributed by atoms with E-state index in [0.717, 1.165) is 40.7 Å². The van der Waals surface area contributed by atoms with Gasteiger partial charge in [0.15, 0.2) is 5.82 Å². The van der Waals surface area contributed by atoms with Crippen LogP contribution in [0, 0.1) is 13.8 Å². The summed E-state index contributed by atoms with van der Waals surface area (Å²) in [6.45, 7) is 7.97. The van der Waals surface area contributed by atoms with Gasteiger partial charge in [-0.25, -0.2) is 4.68 Å². The zero-order valence-electron chi connectivity index (χ0n) is 18.8. The number of aromatic nitrogens is 5. The summed E-state index contributed by atoms with van der Waals surface area (Å²) in [6, 6.07) is 5.91. The van der Waals surface area contributed by atoms with Gasteiger partial charge in [0.05, 0.1) is 31.3 Å². The number of fused-ring (bicyclic) bond motifs is 1. The molecule has 0 saturated carbocycles. The number of hydrogen-bond acceptors (Lipinski definition) is 7. The summed E-state index contributed by atoms with van der Waals surface area (Å²) in [6.07, 6.45) is 1.72. The zero-order valence-corrected chi connectivity index (χ0v) is 18.8. The Kier molecular flexibility index (Phi) is 7.89. The average Bonchev–Trinajstić information content (AvgIpc) is 3.22. The van der Waals surface area contributed by atoms with Gasteiger partial charge in [-0.15, -0.1) is 5.10 Å². The quantitative estimate of drug-likeness (QED) is 0.481. The standard InChI is InChI=1S/C22H32N6O3/c1-5-6-19(21-24-25-26-28(21)10-12-31-4)27(9-11-29)14-18-13-17-8-7-15(2)16(3)20(17)23-22(18)30/h7-8,13,19,29H,5-6,9-12,14H2,1-4H3,(H,23,30)/t19-/m1/s1. The molecule has 9 heteroatoms. The third-order valence-corrected chi connectivity index (χ3v) is 5.76. The maximum absolute atomic E-state index is 12.9. The predicted molar refractivity (Wildman–Crippen MR) is 119 cm³/mol. The van der Waals surface area contributed by atoms with Crippen LogP contribution < -0.4 is 5.56 Å². The number of aliphatic hydroxyl groups is 1. The molecular weight excluding hydrogens is 396 g/mol. The first-order valence-corrected chi connectivity index (χ1v) is 10.7. The van der Waals surface area contributed by atoms with Crippen molar-refractivity contribution < 1.29 is 9.84 Å². The van der Waals surface area contributed by atoms with Gasteiger partial charge in [0.1, 0.15) is 0 Å². The van der Waals surface area contributed by atoms with E-state index in [9.17, 15) is 9.90 Å². The van der Waals surface area contributed by atoms with Crippen molar-refractivity contribution in [3.63, 3.8) is 0 Å². The second-order valence-corrected chi connectivity index (χ2v) is 7.85. The summed E-state index contributed by atoms with van der Waals surface area (Å²) >= 11 is 0. The lowest BCUT2D eigenvalue weighted by atomic mass is 10.0. The maximum atomic E-state index is 12.9. The van der Waals surface area contributed by atoms with Gasteiger partial charge in [-0.2, -0.15) is 0 Å². The maximum Gasteiger partial charge on any atom is 0.252 e. The van der Waals surface area contributed by atoms with Crippen molar-refractivity contribution in [3.8, 4) is 0 Å². The molecular formula is C22H32N6O3. The molecule has 31 heavy (non-hydrogen) atoms. The lowest BCUT2D eigenvalue weighted by Gasteiger charge is -2.30. The fourth-order valence-corrected chi connectivity index (χ4v) is 3.92. The molecule has 1 atom stereocenters. The number of benzene rings is 1. The van der Waals surface area contributed by atoms with Gasteiger partial charge < -0.3 is 14.8 Å². The minimum atomic E-state index is -0.126. The van der Waals surface area contributed by atoms with E-state index in [-0.39, 0.29) is 18.2 Å². The number of methoxy groups -OCH3 is 1. The van der Waals surface area contributed by atoms with Crippen LogP contribution in [-0.2, 0) is 17.8 Å². The van der Waals surface area contributed by atoms with Crippen molar-refractivity contribution in [1.29, 1.82) is 0 Å². The highest BCUT2D eigenvalue weighted by Gasteiger charge is 2.26. The number of pyridine rings is 1. The van der Waals surface area contributed by atoms with E-state index >= 15 is 0 Å². The molecule has 3 rings (SSSR count). The molecule has 0 bridgehead atoms. The number of tetrazole rings is 1. The topological polar surface area (TPSA) is 109 Å². The number of H-pyrrole nitrogens is 1. The van der Waals surface area contributed by atoms with E-state index in [1.54, 1.807) is 11.8 Å². The van der Waals surface area contributed by atoms with E-state index in [4.69, 9.17) is 4.74 Å². The highest BCUT2D eigenvalue weighted by atomic mass is 16.5. The Morgan fingerprint density at radius 3 is 2.84 bits per heavy atom. The summed E-state index contributed by atoms with van der Waals surface area (Å²) in [4.78, 5) is 18.0. The number of nitrogens with one attached hydrogen (secondary N) is 1. The Hall–Kier alpha value is -2.62. The minimum Gasteiger partial charge on any atom is -0.395 e. The summed E-state index contributed by atoms with van der Waals surface area (Å²) < 4.78 is 6.91. The van der Waals surface area contributed by atoms with Crippen LogP contribution in [0.15, 0.2) is 23.0 Å². The van der Waals surface area contributed by atoms with Gasteiger partial charge in [-0.1, -0.05) is 25.5 Å². The van der Waals surface area contributed by atoms with Crippen LogP contribution in [-0.4, -0.2) is 62.1 Å². The molecule has 168 valence electrons. The summed E-state index contributed by atoms with van der Waals surface area (Å²) in [5, 5.41) is 23.0. The molecule has 0 aliphatic carbocycles. The zero-order chi connectivity index (χ0) is 22.4. The number of aromatic amines is 1. The van der Waals surface area contributed by atoms with Crippen molar-refractivity contribution in [2.24, 2.45) is 0 Å². The van der Waals surface area contributed by atoms with Crippen LogP contribution in [0.1, 0.15) is 48.3 Å². The number of hydrogen-bond donors (Lipinski definition) is 2. The van der Waals surface area contributed by atoms with Crippen LogP contribution in [0.2, 0.25) is 0 Å². The van der Waals surface area contributed by atoms with Crippen LogP contribution >= 0.6 is 0 Å². The largest absolute Gasteiger partial charge is 0.395 e. The van der Waals surface area contributed by atoms with Gasteiger partial charge >= 0.3 is 0 Å². The van der Waals surface area contributed by atoms with Crippen molar-refractivity contribution >= 4 is 10.9 Å². The number of aryl methyl sites for hydroxylation is 2. The molecule has 0 spiro atoms. The normalized spacial score (nSPS) is 12.7. The van der Waals surface area contributed by atoms with E-state index in [1.807, 2.05) is 26.0 Å². The lowest BCUT2D eigenvalue weighted by molar-refractivity contribution is 0.124. The molecule has 0 unspecified atom stereocenters. The molecule has 2 N–H and O–H groups in total. The van der Waals surface area contributed by atoms with Gasteiger partial charge in [0, 0.05) is 25.8 Å². The first-order valence-electron chi connectivity index (χ1n) is 10.7. The van der Waals surface area contributed by atoms with E-state index < -0.39 is 0 Å². The second-order valence-electron chi connectivity index (χ2n) is 7.85. The van der Waals surface area contributed by atoms with E-state index in [2.05, 4.69) is 38.4 Å². The fourth-order valence-electron chi connectivity index (χ4n) is 3.92. The Morgan fingerprint density at radius 2 is 2.13 bits per heavy atom. The molecule has 0 radical (unpaired) electrons. The number of nitrogens with zero attached hydrogens (tertiary/aromatic N) is 5. The molecule has 1 aromatic carbocycles. The Morgan fingerprint density at radius 1 is 1.32 bits per heavy atom. The Bertz CT molecular complexity index is 1060. The molecule has 2 heterocycles. The number of rotatable bonds is 11.